The monoisotopic (exact) mass is 389 g/mol. The van der Waals surface area contributed by atoms with Gasteiger partial charge in [0.15, 0.2) is 0 Å². The lowest BCUT2D eigenvalue weighted by atomic mass is 10.1. The molecular weight excluding hydrogens is 373 g/mol. The SMILES string of the molecule is O=C(Nc1cccc(-c2csc(-c3ccccc3)n2)c1)Nc1ccccc1F. The summed E-state index contributed by atoms with van der Waals surface area (Å²) in [6.07, 6.45) is 0. The third-order valence-electron chi connectivity index (χ3n) is 4.06. The maximum atomic E-state index is 13.7. The zero-order chi connectivity index (χ0) is 19.3. The number of benzene rings is 3. The van der Waals surface area contributed by atoms with E-state index in [0.717, 1.165) is 21.8 Å². The molecule has 4 nitrogen and oxygen atoms in total. The standard InChI is InChI=1S/C22H16FN3OS/c23-18-11-4-5-12-19(18)26-22(27)24-17-10-6-9-16(13-17)20-14-28-21(25-20)15-7-2-1-3-8-15/h1-14H,(H2,24,26,27). The van der Waals surface area contributed by atoms with Crippen LogP contribution in [0.2, 0.25) is 0 Å². The van der Waals surface area contributed by atoms with E-state index in [2.05, 4.69) is 10.6 Å². The van der Waals surface area contributed by atoms with Crippen molar-refractivity contribution >= 4 is 28.7 Å². The van der Waals surface area contributed by atoms with E-state index in [0.29, 0.717) is 5.69 Å². The molecule has 3 aromatic carbocycles. The molecule has 2 amide bonds. The predicted octanol–water partition coefficient (Wildman–Crippen LogP) is 6.26. The molecule has 4 aromatic rings. The lowest BCUT2D eigenvalue weighted by molar-refractivity contribution is 0.262. The van der Waals surface area contributed by atoms with Crippen LogP contribution in [-0.4, -0.2) is 11.0 Å². The Morgan fingerprint density at radius 2 is 1.61 bits per heavy atom. The normalized spacial score (nSPS) is 10.5. The van der Waals surface area contributed by atoms with Crippen molar-refractivity contribution in [2.45, 2.75) is 0 Å². The molecule has 0 aliphatic heterocycles. The third kappa shape index (κ3) is 4.07. The second-order valence-electron chi connectivity index (χ2n) is 6.04. The number of para-hydroxylation sites is 1. The molecular formula is C22H16FN3OS. The quantitative estimate of drug-likeness (QED) is 0.433. The summed E-state index contributed by atoms with van der Waals surface area (Å²) < 4.78 is 13.7. The molecule has 0 radical (unpaired) electrons. The average Bonchev–Trinajstić information content (AvgIpc) is 3.21. The van der Waals surface area contributed by atoms with Crippen LogP contribution in [-0.2, 0) is 0 Å². The van der Waals surface area contributed by atoms with Gasteiger partial charge in [-0.15, -0.1) is 11.3 Å². The average molecular weight is 389 g/mol. The van der Waals surface area contributed by atoms with E-state index < -0.39 is 11.8 Å². The second kappa shape index (κ2) is 8.02. The Morgan fingerprint density at radius 3 is 2.43 bits per heavy atom. The number of halogens is 1. The highest BCUT2D eigenvalue weighted by atomic mass is 32.1. The molecule has 0 aliphatic carbocycles. The molecule has 28 heavy (non-hydrogen) atoms. The van der Waals surface area contributed by atoms with Crippen molar-refractivity contribution in [3.63, 3.8) is 0 Å². The van der Waals surface area contributed by atoms with E-state index >= 15 is 0 Å². The van der Waals surface area contributed by atoms with Gasteiger partial charge in [-0.05, 0) is 24.3 Å². The number of hydrogen-bond donors (Lipinski definition) is 2. The van der Waals surface area contributed by atoms with Crippen LogP contribution in [0, 0.1) is 5.82 Å². The van der Waals surface area contributed by atoms with Crippen LogP contribution < -0.4 is 10.6 Å². The molecule has 0 unspecified atom stereocenters. The molecule has 138 valence electrons. The number of hydrogen-bond acceptors (Lipinski definition) is 3. The van der Waals surface area contributed by atoms with Gasteiger partial charge in [0.2, 0.25) is 0 Å². The Hall–Kier alpha value is -3.51. The number of aromatic nitrogens is 1. The van der Waals surface area contributed by atoms with Gasteiger partial charge in [0.1, 0.15) is 10.8 Å². The fourth-order valence-electron chi connectivity index (χ4n) is 2.72. The number of thiazole rings is 1. The van der Waals surface area contributed by atoms with Crippen LogP contribution in [0.4, 0.5) is 20.6 Å². The van der Waals surface area contributed by atoms with Crippen LogP contribution >= 0.6 is 11.3 Å². The highest BCUT2D eigenvalue weighted by Crippen LogP contribution is 2.29. The summed E-state index contributed by atoms with van der Waals surface area (Å²) >= 11 is 1.57. The van der Waals surface area contributed by atoms with Crippen molar-refractivity contribution in [3.8, 4) is 21.8 Å². The van der Waals surface area contributed by atoms with Gasteiger partial charge >= 0.3 is 6.03 Å². The summed E-state index contributed by atoms with van der Waals surface area (Å²) in [5.41, 5.74) is 3.52. The summed E-state index contributed by atoms with van der Waals surface area (Å²) in [5.74, 6) is -0.484. The Bertz CT molecular complexity index is 1110. The summed E-state index contributed by atoms with van der Waals surface area (Å²) in [6.45, 7) is 0. The van der Waals surface area contributed by atoms with Crippen molar-refractivity contribution in [2.75, 3.05) is 10.6 Å². The third-order valence-corrected chi connectivity index (χ3v) is 4.95. The summed E-state index contributed by atoms with van der Waals surface area (Å²) in [7, 11) is 0. The highest BCUT2D eigenvalue weighted by molar-refractivity contribution is 7.13. The van der Waals surface area contributed by atoms with E-state index in [1.807, 2.05) is 53.9 Å². The van der Waals surface area contributed by atoms with E-state index in [1.165, 1.54) is 12.1 Å². The van der Waals surface area contributed by atoms with E-state index in [-0.39, 0.29) is 5.69 Å². The highest BCUT2D eigenvalue weighted by Gasteiger charge is 2.09. The Balaban J connectivity index is 1.50. The molecule has 0 saturated heterocycles. The van der Waals surface area contributed by atoms with Gasteiger partial charge in [-0.3, -0.25) is 0 Å². The van der Waals surface area contributed by atoms with Gasteiger partial charge < -0.3 is 10.6 Å². The number of carbonyl (C=O) groups excluding carboxylic acids is 1. The number of nitrogens with one attached hydrogen (secondary N) is 2. The second-order valence-corrected chi connectivity index (χ2v) is 6.90. The number of amides is 2. The van der Waals surface area contributed by atoms with Gasteiger partial charge in [0.05, 0.1) is 11.4 Å². The van der Waals surface area contributed by atoms with Crippen LogP contribution in [0.5, 0.6) is 0 Å². The fourth-order valence-corrected chi connectivity index (χ4v) is 3.56. The first-order valence-corrected chi connectivity index (χ1v) is 9.51. The van der Waals surface area contributed by atoms with Crippen molar-refractivity contribution in [1.29, 1.82) is 0 Å². The van der Waals surface area contributed by atoms with Crippen molar-refractivity contribution in [1.82, 2.24) is 4.98 Å². The first kappa shape index (κ1) is 17.9. The molecule has 0 fully saturated rings. The number of anilines is 2. The number of rotatable bonds is 4. The summed E-state index contributed by atoms with van der Waals surface area (Å²) in [4.78, 5) is 16.9. The molecule has 2 N–H and O–H groups in total. The van der Waals surface area contributed by atoms with Crippen LogP contribution in [0.1, 0.15) is 0 Å². The van der Waals surface area contributed by atoms with Crippen LogP contribution in [0.15, 0.2) is 84.2 Å². The van der Waals surface area contributed by atoms with Crippen molar-refractivity contribution in [2.24, 2.45) is 0 Å². The molecule has 0 spiro atoms. The number of carbonyl (C=O) groups is 1. The molecule has 0 atom stereocenters. The first-order chi connectivity index (χ1) is 13.7. The summed E-state index contributed by atoms with van der Waals surface area (Å²) in [6, 6.07) is 22.9. The first-order valence-electron chi connectivity index (χ1n) is 8.63. The molecule has 0 bridgehead atoms. The number of urea groups is 1. The van der Waals surface area contributed by atoms with E-state index in [4.69, 9.17) is 4.98 Å². The van der Waals surface area contributed by atoms with Crippen molar-refractivity contribution < 1.29 is 9.18 Å². The zero-order valence-electron chi connectivity index (χ0n) is 14.7. The zero-order valence-corrected chi connectivity index (χ0v) is 15.5. The lowest BCUT2D eigenvalue weighted by Gasteiger charge is -2.09. The van der Waals surface area contributed by atoms with Gasteiger partial charge in [-0.1, -0.05) is 54.6 Å². The van der Waals surface area contributed by atoms with E-state index in [1.54, 1.807) is 29.5 Å². The van der Waals surface area contributed by atoms with E-state index in [9.17, 15) is 9.18 Å². The lowest BCUT2D eigenvalue weighted by Crippen LogP contribution is -2.20. The van der Waals surface area contributed by atoms with Gasteiger partial charge in [0.25, 0.3) is 0 Å². The Kier molecular flexibility index (Phi) is 5.12. The molecule has 4 rings (SSSR count). The van der Waals surface area contributed by atoms with Gasteiger partial charge in [-0.2, -0.15) is 0 Å². The van der Waals surface area contributed by atoms with Crippen LogP contribution in [0.3, 0.4) is 0 Å². The van der Waals surface area contributed by atoms with Crippen LogP contribution in [0.25, 0.3) is 21.8 Å². The molecule has 6 heteroatoms. The van der Waals surface area contributed by atoms with Gasteiger partial charge in [-0.25, -0.2) is 14.2 Å². The number of nitrogens with zero attached hydrogens (tertiary/aromatic N) is 1. The minimum Gasteiger partial charge on any atom is -0.308 e. The van der Waals surface area contributed by atoms with Crippen molar-refractivity contribution in [3.05, 3.63) is 90.1 Å². The maximum Gasteiger partial charge on any atom is 0.323 e. The smallest absolute Gasteiger partial charge is 0.308 e. The van der Waals surface area contributed by atoms with Gasteiger partial charge in [0, 0.05) is 22.2 Å². The predicted molar refractivity (Wildman–Crippen MR) is 112 cm³/mol. The topological polar surface area (TPSA) is 54.0 Å². The minimum atomic E-state index is -0.509. The summed E-state index contributed by atoms with van der Waals surface area (Å²) in [5, 5.41) is 8.15. The Labute approximate surface area is 165 Å². The largest absolute Gasteiger partial charge is 0.323 e. The Morgan fingerprint density at radius 1 is 0.857 bits per heavy atom. The maximum absolute atomic E-state index is 13.7. The molecule has 0 saturated carbocycles. The molecule has 1 aromatic heterocycles. The molecule has 0 aliphatic rings. The minimum absolute atomic E-state index is 0.128. The molecule has 1 heterocycles. The fraction of sp³-hybridized carbons (Fsp3) is 0.